The minimum Gasteiger partial charge on any atom is -0.337 e. The Morgan fingerprint density at radius 3 is 2.62 bits per heavy atom. The van der Waals surface area contributed by atoms with Gasteiger partial charge in [0.15, 0.2) is 0 Å². The maximum atomic E-state index is 12.3. The maximum absolute atomic E-state index is 12.3. The molecule has 0 aliphatic carbocycles. The Morgan fingerprint density at radius 2 is 1.88 bits per heavy atom. The molecule has 0 aliphatic rings. The summed E-state index contributed by atoms with van der Waals surface area (Å²) in [5.74, 6) is 2.20. The van der Waals surface area contributed by atoms with Gasteiger partial charge in [-0.2, -0.15) is 4.98 Å². The van der Waals surface area contributed by atoms with Crippen molar-refractivity contribution < 1.29 is 9.32 Å². The van der Waals surface area contributed by atoms with E-state index in [1.54, 1.807) is 23.7 Å². The van der Waals surface area contributed by atoms with Crippen LogP contribution in [0.1, 0.15) is 11.5 Å². The monoisotopic (exact) mass is 431 g/mol. The summed E-state index contributed by atoms with van der Waals surface area (Å²) in [6, 6.07) is 17.7. The third-order valence-corrected chi connectivity index (χ3v) is 5.22. The number of benzene rings is 2. The first kappa shape index (κ1) is 18.7. The molecule has 0 atom stereocenters. The highest BCUT2D eigenvalue weighted by Crippen LogP contribution is 2.17. The Labute approximate surface area is 164 Å². The molecule has 1 amide bonds. The van der Waals surface area contributed by atoms with Crippen LogP contribution in [-0.2, 0) is 17.1 Å². The van der Waals surface area contributed by atoms with E-state index in [9.17, 15) is 4.79 Å². The second-order valence-corrected chi connectivity index (χ2v) is 7.65. The zero-order chi connectivity index (χ0) is 18.4. The second kappa shape index (κ2) is 9.00. The summed E-state index contributed by atoms with van der Waals surface area (Å²) in [5, 5.41) is 3.97. The minimum atomic E-state index is 0.0339. The van der Waals surface area contributed by atoms with Gasteiger partial charge in [-0.05, 0) is 17.7 Å². The van der Waals surface area contributed by atoms with Crippen molar-refractivity contribution in [2.45, 2.75) is 12.3 Å². The number of hydrogen-bond donors (Lipinski definition) is 0. The van der Waals surface area contributed by atoms with E-state index in [4.69, 9.17) is 4.52 Å². The molecule has 0 aliphatic heterocycles. The fourth-order valence-electron chi connectivity index (χ4n) is 2.26. The number of aromatic nitrogens is 2. The lowest BCUT2D eigenvalue weighted by molar-refractivity contribution is -0.127. The van der Waals surface area contributed by atoms with E-state index in [2.05, 4.69) is 38.2 Å². The molecular formula is C19H18BrN3O2S. The van der Waals surface area contributed by atoms with Crippen LogP contribution in [-0.4, -0.2) is 33.7 Å². The Hall–Kier alpha value is -2.12. The number of nitrogens with zero attached hydrogens (tertiary/aromatic N) is 3. The summed E-state index contributed by atoms with van der Waals surface area (Å²) < 4.78 is 6.31. The van der Waals surface area contributed by atoms with Crippen LogP contribution in [0.3, 0.4) is 0 Å². The number of halogens is 1. The Balaban J connectivity index is 1.48. The van der Waals surface area contributed by atoms with E-state index in [-0.39, 0.29) is 5.91 Å². The number of carbonyl (C=O) groups is 1. The lowest BCUT2D eigenvalue weighted by atomic mass is 10.2. The van der Waals surface area contributed by atoms with Crippen LogP contribution >= 0.6 is 27.7 Å². The highest BCUT2D eigenvalue weighted by atomic mass is 79.9. The second-order valence-electron chi connectivity index (χ2n) is 5.75. The predicted molar refractivity (Wildman–Crippen MR) is 107 cm³/mol. The molecule has 26 heavy (non-hydrogen) atoms. The Kier molecular flexibility index (Phi) is 6.46. The van der Waals surface area contributed by atoms with E-state index in [1.165, 1.54) is 5.56 Å². The van der Waals surface area contributed by atoms with Gasteiger partial charge < -0.3 is 9.42 Å². The molecule has 5 nitrogen and oxygen atoms in total. The molecule has 134 valence electrons. The van der Waals surface area contributed by atoms with Crippen molar-refractivity contribution in [1.82, 2.24) is 15.0 Å². The van der Waals surface area contributed by atoms with Crippen LogP contribution in [0.2, 0.25) is 0 Å². The van der Waals surface area contributed by atoms with Crippen molar-refractivity contribution in [2.24, 2.45) is 0 Å². The lowest BCUT2D eigenvalue weighted by Crippen LogP contribution is -2.28. The van der Waals surface area contributed by atoms with E-state index in [0.29, 0.717) is 24.0 Å². The standard InChI is InChI=1S/C19H18BrN3O2S/c1-23(18(24)13-26-12-14-7-9-16(20)10-8-14)11-17-21-19(22-25-17)15-5-3-2-4-6-15/h2-10H,11-13H2,1H3. The van der Waals surface area contributed by atoms with Gasteiger partial charge in [0.1, 0.15) is 0 Å². The van der Waals surface area contributed by atoms with Crippen LogP contribution in [0.25, 0.3) is 11.4 Å². The number of rotatable bonds is 7. The number of carbonyl (C=O) groups excluding carboxylic acids is 1. The topological polar surface area (TPSA) is 59.2 Å². The summed E-state index contributed by atoms with van der Waals surface area (Å²) in [6.45, 7) is 0.303. The summed E-state index contributed by atoms with van der Waals surface area (Å²) in [5.41, 5.74) is 2.08. The lowest BCUT2D eigenvalue weighted by Gasteiger charge is -2.14. The summed E-state index contributed by atoms with van der Waals surface area (Å²) in [4.78, 5) is 18.2. The van der Waals surface area contributed by atoms with Crippen molar-refractivity contribution in [3.63, 3.8) is 0 Å². The van der Waals surface area contributed by atoms with Crippen molar-refractivity contribution in [3.8, 4) is 11.4 Å². The fourth-order valence-corrected chi connectivity index (χ4v) is 3.45. The van der Waals surface area contributed by atoms with E-state index in [1.807, 2.05) is 42.5 Å². The van der Waals surface area contributed by atoms with Crippen LogP contribution in [0.4, 0.5) is 0 Å². The van der Waals surface area contributed by atoms with Gasteiger partial charge in [-0.3, -0.25) is 4.79 Å². The molecule has 1 heterocycles. The van der Waals surface area contributed by atoms with Gasteiger partial charge in [-0.15, -0.1) is 11.8 Å². The molecule has 1 aromatic heterocycles. The highest BCUT2D eigenvalue weighted by Gasteiger charge is 2.14. The van der Waals surface area contributed by atoms with Gasteiger partial charge in [0.05, 0.1) is 12.3 Å². The third-order valence-electron chi connectivity index (χ3n) is 3.71. The van der Waals surface area contributed by atoms with Gasteiger partial charge in [0.25, 0.3) is 0 Å². The van der Waals surface area contributed by atoms with Gasteiger partial charge in [-0.1, -0.05) is 63.6 Å². The largest absolute Gasteiger partial charge is 0.337 e. The zero-order valence-electron chi connectivity index (χ0n) is 14.3. The average molecular weight is 432 g/mol. The van der Waals surface area contributed by atoms with Crippen molar-refractivity contribution >= 4 is 33.6 Å². The molecule has 0 fully saturated rings. The van der Waals surface area contributed by atoms with Crippen molar-refractivity contribution in [3.05, 3.63) is 70.5 Å². The van der Waals surface area contributed by atoms with Crippen LogP contribution in [0.5, 0.6) is 0 Å². The smallest absolute Gasteiger partial charge is 0.246 e. The molecule has 0 bridgehead atoms. The molecule has 0 saturated heterocycles. The molecule has 0 spiro atoms. The fraction of sp³-hybridized carbons (Fsp3) is 0.211. The number of amides is 1. The molecule has 0 N–H and O–H groups in total. The molecule has 0 saturated carbocycles. The summed E-state index contributed by atoms with van der Waals surface area (Å²) in [6.07, 6.45) is 0. The van der Waals surface area contributed by atoms with Crippen LogP contribution < -0.4 is 0 Å². The third kappa shape index (κ3) is 5.19. The Morgan fingerprint density at radius 1 is 1.15 bits per heavy atom. The van der Waals surface area contributed by atoms with E-state index in [0.717, 1.165) is 15.8 Å². The van der Waals surface area contributed by atoms with Crippen molar-refractivity contribution in [2.75, 3.05) is 12.8 Å². The predicted octanol–water partition coefficient (Wildman–Crippen LogP) is 4.39. The molecule has 0 unspecified atom stereocenters. The van der Waals surface area contributed by atoms with Crippen LogP contribution in [0, 0.1) is 0 Å². The quantitative estimate of drug-likeness (QED) is 0.554. The first-order valence-corrected chi connectivity index (χ1v) is 10.0. The van der Waals surface area contributed by atoms with Crippen molar-refractivity contribution in [1.29, 1.82) is 0 Å². The maximum Gasteiger partial charge on any atom is 0.246 e. The van der Waals surface area contributed by atoms with Gasteiger partial charge in [-0.25, -0.2) is 0 Å². The first-order chi connectivity index (χ1) is 12.6. The minimum absolute atomic E-state index is 0.0339. The number of thioether (sulfide) groups is 1. The number of hydrogen-bond acceptors (Lipinski definition) is 5. The van der Waals surface area contributed by atoms with E-state index < -0.39 is 0 Å². The molecule has 3 aromatic rings. The molecule has 3 rings (SSSR count). The first-order valence-electron chi connectivity index (χ1n) is 8.06. The molecule has 0 radical (unpaired) electrons. The van der Waals surface area contributed by atoms with Gasteiger partial charge >= 0.3 is 0 Å². The van der Waals surface area contributed by atoms with Gasteiger partial charge in [0, 0.05) is 22.8 Å². The zero-order valence-corrected chi connectivity index (χ0v) is 16.7. The Bertz CT molecular complexity index is 853. The molecule has 2 aromatic carbocycles. The molecular weight excluding hydrogens is 414 g/mol. The van der Waals surface area contributed by atoms with E-state index >= 15 is 0 Å². The summed E-state index contributed by atoms with van der Waals surface area (Å²) >= 11 is 5.00. The SMILES string of the molecule is CN(Cc1nc(-c2ccccc2)no1)C(=O)CSCc1ccc(Br)cc1. The van der Waals surface area contributed by atoms with Gasteiger partial charge in [0.2, 0.25) is 17.6 Å². The highest BCUT2D eigenvalue weighted by molar-refractivity contribution is 9.10. The van der Waals surface area contributed by atoms with Crippen LogP contribution in [0.15, 0.2) is 63.6 Å². The summed E-state index contributed by atoms with van der Waals surface area (Å²) in [7, 11) is 1.74. The normalized spacial score (nSPS) is 10.7. The molecule has 7 heteroatoms. The average Bonchev–Trinajstić information content (AvgIpc) is 3.12.